The van der Waals surface area contributed by atoms with E-state index in [-0.39, 0.29) is 0 Å². The van der Waals surface area contributed by atoms with Crippen LogP contribution in [0.1, 0.15) is 27.9 Å². The molecule has 3 heterocycles. The highest BCUT2D eigenvalue weighted by Gasteiger charge is 2.18. The molecule has 0 spiro atoms. The van der Waals surface area contributed by atoms with Crippen LogP contribution in [0.5, 0.6) is 11.5 Å². The average Bonchev–Trinajstić information content (AvgIpc) is 3.22. The Balaban J connectivity index is 1.72. The summed E-state index contributed by atoms with van der Waals surface area (Å²) in [6.07, 6.45) is 3.51. The monoisotopic (exact) mass is 480 g/mol. The van der Waals surface area contributed by atoms with E-state index in [0.717, 1.165) is 10.9 Å². The van der Waals surface area contributed by atoms with Gasteiger partial charge in [-0.2, -0.15) is 4.98 Å². The fourth-order valence-electron chi connectivity index (χ4n) is 3.27. The molecule has 0 saturated heterocycles. The van der Waals surface area contributed by atoms with Crippen LogP contribution in [0.15, 0.2) is 36.7 Å². The number of nitrogens with zero attached hydrogens (tertiary/aromatic N) is 4. The van der Waals surface area contributed by atoms with Crippen molar-refractivity contribution in [3.05, 3.63) is 52.8 Å². The number of anilines is 3. The molecule has 34 heavy (non-hydrogen) atoms. The Morgan fingerprint density at radius 3 is 2.62 bits per heavy atom. The number of aromatic nitrogens is 4. The molecule has 4 aromatic rings. The lowest BCUT2D eigenvalue weighted by atomic mass is 10.2. The van der Waals surface area contributed by atoms with E-state index in [0.29, 0.717) is 57.6 Å². The molecule has 0 aliphatic heterocycles. The zero-order valence-corrected chi connectivity index (χ0v) is 20.0. The summed E-state index contributed by atoms with van der Waals surface area (Å²) in [5.74, 6) is 1.63. The van der Waals surface area contributed by atoms with Crippen molar-refractivity contribution in [2.75, 3.05) is 31.5 Å². The zero-order chi connectivity index (χ0) is 24.1. The van der Waals surface area contributed by atoms with E-state index >= 15 is 0 Å². The predicted octanol–water partition coefficient (Wildman–Crippen LogP) is 4.34. The van der Waals surface area contributed by atoms with Crippen molar-refractivity contribution in [3.8, 4) is 11.5 Å². The summed E-state index contributed by atoms with van der Waals surface area (Å²) in [6.45, 7) is 4.33. The predicted molar refractivity (Wildman–Crippen MR) is 130 cm³/mol. The lowest BCUT2D eigenvalue weighted by molar-refractivity contribution is 0.0531. The lowest BCUT2D eigenvalue weighted by Gasteiger charge is -2.14. The number of rotatable bonds is 9. The highest BCUT2D eigenvalue weighted by molar-refractivity contribution is 7.17. The van der Waals surface area contributed by atoms with Gasteiger partial charge in [-0.05, 0) is 31.5 Å². The molecule has 0 saturated carbocycles. The molecule has 10 nitrogen and oxygen atoms in total. The number of nitrogens with one attached hydrogen (secondary N) is 2. The van der Waals surface area contributed by atoms with Crippen LogP contribution in [0.4, 0.5) is 16.9 Å². The normalized spacial score (nSPS) is 10.7. The maximum atomic E-state index is 12.2. The van der Waals surface area contributed by atoms with E-state index < -0.39 is 5.97 Å². The average molecular weight is 481 g/mol. The summed E-state index contributed by atoms with van der Waals surface area (Å²) in [6, 6.07) is 7.46. The molecular weight excluding hydrogens is 456 g/mol. The number of fused-ring (bicyclic) bond motifs is 1. The number of esters is 1. The molecule has 3 aromatic heterocycles. The van der Waals surface area contributed by atoms with Gasteiger partial charge in [0, 0.05) is 30.4 Å². The minimum absolute atomic E-state index is 0.296. The molecule has 0 unspecified atom stereocenters. The second-order valence-electron chi connectivity index (χ2n) is 7.11. The van der Waals surface area contributed by atoms with E-state index in [2.05, 4.69) is 30.6 Å². The van der Waals surface area contributed by atoms with E-state index in [1.807, 2.05) is 18.2 Å². The molecule has 2 N–H and O–H groups in total. The Morgan fingerprint density at radius 1 is 1.12 bits per heavy atom. The molecule has 1 aromatic carbocycles. The van der Waals surface area contributed by atoms with Gasteiger partial charge >= 0.3 is 5.97 Å². The van der Waals surface area contributed by atoms with Crippen LogP contribution >= 0.6 is 11.3 Å². The smallest absolute Gasteiger partial charge is 0.350 e. The second-order valence-corrected chi connectivity index (χ2v) is 8.11. The molecule has 0 atom stereocenters. The summed E-state index contributed by atoms with van der Waals surface area (Å²) in [4.78, 5) is 30.5. The van der Waals surface area contributed by atoms with Crippen LogP contribution in [-0.2, 0) is 11.3 Å². The van der Waals surface area contributed by atoms with E-state index in [9.17, 15) is 4.79 Å². The minimum Gasteiger partial charge on any atom is -0.493 e. The first-order chi connectivity index (χ1) is 16.5. The maximum absolute atomic E-state index is 12.2. The molecule has 176 valence electrons. The van der Waals surface area contributed by atoms with Crippen LogP contribution in [0.2, 0.25) is 0 Å². The Labute approximate surface area is 200 Å². The number of ether oxygens (including phenoxy) is 3. The number of pyridine rings is 1. The van der Waals surface area contributed by atoms with Gasteiger partial charge in [-0.25, -0.2) is 14.8 Å². The van der Waals surface area contributed by atoms with Crippen molar-refractivity contribution < 1.29 is 19.0 Å². The highest BCUT2D eigenvalue weighted by Crippen LogP contribution is 2.35. The van der Waals surface area contributed by atoms with Crippen LogP contribution in [-0.4, -0.2) is 46.7 Å². The summed E-state index contributed by atoms with van der Waals surface area (Å²) in [5, 5.41) is 7.71. The summed E-state index contributed by atoms with van der Waals surface area (Å²) in [5.41, 5.74) is 2.22. The van der Waals surface area contributed by atoms with Crippen molar-refractivity contribution in [2.24, 2.45) is 0 Å². The van der Waals surface area contributed by atoms with Crippen LogP contribution < -0.4 is 20.1 Å². The number of hydrogen-bond donors (Lipinski definition) is 2. The Kier molecular flexibility index (Phi) is 7.02. The van der Waals surface area contributed by atoms with Crippen LogP contribution in [0.25, 0.3) is 10.9 Å². The standard InChI is InChI=1S/C23H24N6O4S/c1-5-33-21(30)19-13(2)26-23(34-19)29-22-27-16-10-18(32-4)17(31-3)9-15(16)20(28-22)25-12-14-7-6-8-24-11-14/h6-11H,5,12H2,1-4H3,(H2,25,26,27,28,29). The van der Waals surface area contributed by atoms with Gasteiger partial charge in [-0.1, -0.05) is 17.4 Å². The van der Waals surface area contributed by atoms with E-state index in [1.165, 1.54) is 11.3 Å². The van der Waals surface area contributed by atoms with Gasteiger partial charge < -0.3 is 19.5 Å². The quantitative estimate of drug-likeness (QED) is 0.335. The highest BCUT2D eigenvalue weighted by atomic mass is 32.1. The number of benzene rings is 1. The van der Waals surface area contributed by atoms with Gasteiger partial charge in [0.05, 0.1) is 32.0 Å². The number of carbonyl (C=O) groups is 1. The third-order valence-corrected chi connectivity index (χ3v) is 5.91. The molecular formula is C23H24N6O4S. The lowest BCUT2D eigenvalue weighted by Crippen LogP contribution is -2.06. The number of methoxy groups -OCH3 is 2. The molecule has 0 aliphatic rings. The summed E-state index contributed by atoms with van der Waals surface area (Å²) < 4.78 is 16.0. The zero-order valence-electron chi connectivity index (χ0n) is 19.2. The SMILES string of the molecule is CCOC(=O)c1sc(Nc2nc(NCc3cccnc3)c3cc(OC)c(OC)cc3n2)nc1C. The van der Waals surface area contributed by atoms with Crippen LogP contribution in [0.3, 0.4) is 0 Å². The first-order valence-electron chi connectivity index (χ1n) is 10.5. The summed E-state index contributed by atoms with van der Waals surface area (Å²) in [7, 11) is 3.15. The molecule has 4 rings (SSSR count). The minimum atomic E-state index is -0.402. The van der Waals surface area contributed by atoms with Gasteiger partial charge in [-0.3, -0.25) is 10.3 Å². The molecule has 11 heteroatoms. The van der Waals surface area contributed by atoms with Crippen molar-refractivity contribution in [3.63, 3.8) is 0 Å². The first kappa shape index (κ1) is 23.2. The van der Waals surface area contributed by atoms with Crippen LogP contribution in [0, 0.1) is 6.92 Å². The molecule has 0 bridgehead atoms. The fraction of sp³-hybridized carbons (Fsp3) is 0.261. The van der Waals surface area contributed by atoms with Crippen molar-refractivity contribution in [1.29, 1.82) is 0 Å². The number of carbonyl (C=O) groups excluding carboxylic acids is 1. The maximum Gasteiger partial charge on any atom is 0.350 e. The summed E-state index contributed by atoms with van der Waals surface area (Å²) >= 11 is 1.19. The molecule has 0 aliphatic carbocycles. The van der Waals surface area contributed by atoms with Crippen molar-refractivity contribution in [2.45, 2.75) is 20.4 Å². The number of aryl methyl sites for hydroxylation is 1. The van der Waals surface area contributed by atoms with Gasteiger partial charge in [0.25, 0.3) is 0 Å². The van der Waals surface area contributed by atoms with E-state index in [1.54, 1.807) is 46.5 Å². The third kappa shape index (κ3) is 4.99. The Hall–Kier alpha value is -3.99. The molecule has 0 fully saturated rings. The van der Waals surface area contributed by atoms with Crippen molar-refractivity contribution in [1.82, 2.24) is 19.9 Å². The van der Waals surface area contributed by atoms with Crippen molar-refractivity contribution >= 4 is 45.1 Å². The van der Waals surface area contributed by atoms with Gasteiger partial charge in [0.15, 0.2) is 16.6 Å². The fourth-order valence-corrected chi connectivity index (χ4v) is 4.12. The third-order valence-electron chi connectivity index (χ3n) is 4.86. The molecule has 0 radical (unpaired) electrons. The second kappa shape index (κ2) is 10.3. The largest absolute Gasteiger partial charge is 0.493 e. The van der Waals surface area contributed by atoms with Gasteiger partial charge in [-0.15, -0.1) is 0 Å². The van der Waals surface area contributed by atoms with Gasteiger partial charge in [0.1, 0.15) is 10.7 Å². The molecule has 0 amide bonds. The first-order valence-corrected chi connectivity index (χ1v) is 11.3. The Bertz CT molecular complexity index is 1310. The van der Waals surface area contributed by atoms with E-state index in [4.69, 9.17) is 14.2 Å². The topological polar surface area (TPSA) is 120 Å². The number of thiazole rings is 1. The Morgan fingerprint density at radius 2 is 1.91 bits per heavy atom. The number of hydrogen-bond acceptors (Lipinski definition) is 11. The van der Waals surface area contributed by atoms with Gasteiger partial charge in [0.2, 0.25) is 5.95 Å².